The van der Waals surface area contributed by atoms with Gasteiger partial charge in [0.1, 0.15) is 0 Å². The predicted octanol–water partition coefficient (Wildman–Crippen LogP) is 2.36. The first-order valence-electron chi connectivity index (χ1n) is 9.15. The number of H-pyrrole nitrogens is 1. The highest BCUT2D eigenvalue weighted by atomic mass is 32.2. The Labute approximate surface area is 162 Å². The third-order valence-electron chi connectivity index (χ3n) is 4.97. The lowest BCUT2D eigenvalue weighted by Crippen LogP contribution is -2.32. The Morgan fingerprint density at radius 2 is 2.00 bits per heavy atom. The summed E-state index contributed by atoms with van der Waals surface area (Å²) in [5.41, 5.74) is 1.51. The van der Waals surface area contributed by atoms with Gasteiger partial charge in [-0.3, -0.25) is 4.79 Å². The number of benzene rings is 2. The second kappa shape index (κ2) is 7.46. The first kappa shape index (κ1) is 18.8. The maximum atomic E-state index is 12.9. The average Bonchev–Trinajstić information content (AvgIpc) is 3.21. The zero-order valence-electron chi connectivity index (χ0n) is 15.4. The fourth-order valence-corrected chi connectivity index (χ4v) is 4.79. The van der Waals surface area contributed by atoms with Crippen molar-refractivity contribution in [2.45, 2.75) is 30.8 Å². The molecule has 0 amide bonds. The Bertz CT molecular complexity index is 1180. The smallest absolute Gasteiger partial charge is 0.272 e. The molecule has 8 heteroatoms. The number of aryl methyl sites for hydroxylation is 1. The molecular formula is C20H21N3O4S. The number of fused-ring (bicyclic) bond motifs is 1. The molecule has 3 aromatic rings. The van der Waals surface area contributed by atoms with Crippen LogP contribution in [0.3, 0.4) is 0 Å². The van der Waals surface area contributed by atoms with Crippen molar-refractivity contribution in [3.8, 4) is 11.3 Å². The molecule has 0 radical (unpaired) electrons. The molecule has 2 heterocycles. The number of hydrogen-bond acceptors (Lipinski definition) is 5. The third kappa shape index (κ3) is 3.58. The van der Waals surface area contributed by atoms with Crippen LogP contribution in [0.2, 0.25) is 0 Å². The molecule has 146 valence electrons. The highest BCUT2D eigenvalue weighted by Crippen LogP contribution is 2.28. The van der Waals surface area contributed by atoms with E-state index in [1.807, 2.05) is 12.1 Å². The topological polar surface area (TPSA) is 101 Å². The zero-order chi connectivity index (χ0) is 19.7. The minimum absolute atomic E-state index is 0.0805. The number of aromatic nitrogens is 2. The van der Waals surface area contributed by atoms with Gasteiger partial charge >= 0.3 is 0 Å². The van der Waals surface area contributed by atoms with Crippen LogP contribution in [0.5, 0.6) is 0 Å². The van der Waals surface area contributed by atoms with E-state index < -0.39 is 10.0 Å². The summed E-state index contributed by atoms with van der Waals surface area (Å²) in [7, 11) is -3.70. The van der Waals surface area contributed by atoms with Crippen molar-refractivity contribution in [1.82, 2.24) is 14.9 Å². The van der Waals surface area contributed by atoms with Crippen molar-refractivity contribution in [2.75, 3.05) is 13.2 Å². The van der Waals surface area contributed by atoms with E-state index in [1.165, 1.54) is 0 Å². The number of hydrogen-bond donors (Lipinski definition) is 2. The lowest BCUT2D eigenvalue weighted by molar-refractivity contribution is 0.114. The first-order chi connectivity index (χ1) is 13.5. The van der Waals surface area contributed by atoms with Crippen molar-refractivity contribution < 1.29 is 13.2 Å². The number of aromatic amines is 1. The molecule has 1 aliphatic rings. The van der Waals surface area contributed by atoms with Gasteiger partial charge in [0.05, 0.1) is 22.1 Å². The van der Waals surface area contributed by atoms with Gasteiger partial charge in [0.2, 0.25) is 10.0 Å². The summed E-state index contributed by atoms with van der Waals surface area (Å²) < 4.78 is 33.9. The van der Waals surface area contributed by atoms with E-state index in [0.29, 0.717) is 34.2 Å². The molecule has 7 nitrogen and oxygen atoms in total. The summed E-state index contributed by atoms with van der Waals surface area (Å²) in [6.07, 6.45) is 1.73. The highest BCUT2D eigenvalue weighted by molar-refractivity contribution is 7.89. The van der Waals surface area contributed by atoms with E-state index in [0.717, 1.165) is 12.8 Å². The average molecular weight is 399 g/mol. The largest absolute Gasteiger partial charge is 0.377 e. The van der Waals surface area contributed by atoms with Gasteiger partial charge in [-0.15, -0.1) is 0 Å². The molecule has 0 aliphatic carbocycles. The van der Waals surface area contributed by atoms with Crippen LogP contribution in [0, 0.1) is 6.92 Å². The second-order valence-corrected chi connectivity index (χ2v) is 8.65. The van der Waals surface area contributed by atoms with Gasteiger partial charge in [0.15, 0.2) is 0 Å². The Kier molecular flexibility index (Phi) is 5.01. The molecule has 2 N–H and O–H groups in total. The third-order valence-corrected chi connectivity index (χ3v) is 6.54. The van der Waals surface area contributed by atoms with Gasteiger partial charge < -0.3 is 4.74 Å². The Morgan fingerprint density at radius 1 is 1.21 bits per heavy atom. The summed E-state index contributed by atoms with van der Waals surface area (Å²) in [6, 6.07) is 12.3. The van der Waals surface area contributed by atoms with Crippen LogP contribution in [0.1, 0.15) is 18.4 Å². The van der Waals surface area contributed by atoms with E-state index in [-0.39, 0.29) is 23.1 Å². The first-order valence-corrected chi connectivity index (χ1v) is 10.6. The van der Waals surface area contributed by atoms with Crippen molar-refractivity contribution in [3.63, 3.8) is 0 Å². The minimum Gasteiger partial charge on any atom is -0.377 e. The molecule has 0 unspecified atom stereocenters. The van der Waals surface area contributed by atoms with Gasteiger partial charge in [-0.25, -0.2) is 18.2 Å². The number of rotatable bonds is 5. The molecular weight excluding hydrogens is 378 g/mol. The highest BCUT2D eigenvalue weighted by Gasteiger charge is 2.22. The van der Waals surface area contributed by atoms with E-state index in [4.69, 9.17) is 4.74 Å². The van der Waals surface area contributed by atoms with E-state index in [1.54, 1.807) is 37.3 Å². The molecule has 0 saturated carbocycles. The van der Waals surface area contributed by atoms with Crippen LogP contribution < -0.4 is 10.3 Å². The number of nitrogens with zero attached hydrogens (tertiary/aromatic N) is 1. The van der Waals surface area contributed by atoms with Crippen LogP contribution in [-0.4, -0.2) is 37.9 Å². The van der Waals surface area contributed by atoms with Crippen LogP contribution in [0.15, 0.2) is 52.2 Å². The van der Waals surface area contributed by atoms with Crippen LogP contribution in [0.4, 0.5) is 0 Å². The fraction of sp³-hybridized carbons (Fsp3) is 0.300. The summed E-state index contributed by atoms with van der Waals surface area (Å²) >= 11 is 0. The zero-order valence-corrected chi connectivity index (χ0v) is 16.3. The lowest BCUT2D eigenvalue weighted by atomic mass is 10.0. The van der Waals surface area contributed by atoms with Gasteiger partial charge in [-0.1, -0.05) is 30.3 Å². The monoisotopic (exact) mass is 399 g/mol. The summed E-state index contributed by atoms with van der Waals surface area (Å²) in [5.74, 6) is 0. The number of ether oxygens (including phenoxy) is 1. The van der Waals surface area contributed by atoms with E-state index in [2.05, 4.69) is 14.9 Å². The van der Waals surface area contributed by atoms with Crippen LogP contribution >= 0.6 is 0 Å². The summed E-state index contributed by atoms with van der Waals surface area (Å²) in [5, 5.41) is 7.84. The minimum atomic E-state index is -3.70. The van der Waals surface area contributed by atoms with Crippen LogP contribution in [-0.2, 0) is 14.8 Å². The molecule has 28 heavy (non-hydrogen) atoms. The normalized spacial score (nSPS) is 17.2. The van der Waals surface area contributed by atoms with E-state index >= 15 is 0 Å². The molecule has 1 aromatic heterocycles. The van der Waals surface area contributed by atoms with Crippen molar-refractivity contribution in [1.29, 1.82) is 0 Å². The van der Waals surface area contributed by atoms with Gasteiger partial charge in [-0.05, 0) is 37.5 Å². The molecule has 1 fully saturated rings. The molecule has 0 spiro atoms. The van der Waals surface area contributed by atoms with Crippen molar-refractivity contribution in [2.24, 2.45) is 0 Å². The maximum absolute atomic E-state index is 12.9. The van der Waals surface area contributed by atoms with Crippen molar-refractivity contribution in [3.05, 3.63) is 58.4 Å². The predicted molar refractivity (Wildman–Crippen MR) is 107 cm³/mol. The van der Waals surface area contributed by atoms with Crippen molar-refractivity contribution >= 4 is 20.8 Å². The number of nitrogens with one attached hydrogen (secondary N) is 2. The molecule has 1 aliphatic heterocycles. The van der Waals surface area contributed by atoms with Gasteiger partial charge in [-0.2, -0.15) is 5.10 Å². The molecule has 1 atom stereocenters. The quantitative estimate of drug-likeness (QED) is 0.686. The lowest BCUT2D eigenvalue weighted by Gasteiger charge is -2.14. The molecule has 0 bridgehead atoms. The standard InChI is InChI=1S/C20H21N3O4S/c1-13-8-9-14(19-16-6-2-3-7-17(16)20(24)23-22-19)11-18(13)28(25,26)21-12-15-5-4-10-27-15/h2-3,6-9,11,15,21H,4-5,10,12H2,1H3,(H,23,24)/t15-/m0/s1. The van der Waals surface area contributed by atoms with E-state index in [9.17, 15) is 13.2 Å². The Balaban J connectivity index is 1.74. The van der Waals surface area contributed by atoms with Gasteiger partial charge in [0, 0.05) is 24.1 Å². The molecule has 1 saturated heterocycles. The SMILES string of the molecule is Cc1ccc(-c2n[nH]c(=O)c3ccccc23)cc1S(=O)(=O)NC[C@@H]1CCCO1. The summed E-state index contributed by atoms with van der Waals surface area (Å²) in [6.45, 7) is 2.68. The maximum Gasteiger partial charge on any atom is 0.272 e. The Morgan fingerprint density at radius 3 is 2.75 bits per heavy atom. The van der Waals surface area contributed by atoms with Crippen LogP contribution in [0.25, 0.3) is 22.0 Å². The van der Waals surface area contributed by atoms with Gasteiger partial charge in [0.25, 0.3) is 5.56 Å². The molecule has 4 rings (SSSR count). The number of sulfonamides is 1. The summed E-state index contributed by atoms with van der Waals surface area (Å²) in [4.78, 5) is 12.2. The fourth-order valence-electron chi connectivity index (χ4n) is 3.46. The second-order valence-electron chi connectivity index (χ2n) is 6.91. The Hall–Kier alpha value is -2.55. The molecule has 2 aromatic carbocycles.